The molecule has 1 amide bonds. The maximum absolute atomic E-state index is 14.0. The lowest BCUT2D eigenvalue weighted by Gasteiger charge is -2.20. The molecule has 2 aromatic rings. The molecule has 0 aliphatic rings. The Morgan fingerprint density at radius 3 is 2.50 bits per heavy atom. The average Bonchev–Trinajstić information content (AvgIpc) is 2.90. The van der Waals surface area contributed by atoms with Crippen LogP contribution in [-0.4, -0.2) is 29.2 Å². The molecule has 2 rings (SSSR count). The molecule has 1 aromatic heterocycles. The van der Waals surface area contributed by atoms with Gasteiger partial charge in [-0.25, -0.2) is 9.18 Å². The molecule has 0 bridgehead atoms. The van der Waals surface area contributed by atoms with Crippen LogP contribution in [0.2, 0.25) is 0 Å². The van der Waals surface area contributed by atoms with E-state index >= 15 is 0 Å². The van der Waals surface area contributed by atoms with E-state index in [-0.39, 0.29) is 5.56 Å². The number of amides is 1. The molecule has 128 valence electrons. The second kappa shape index (κ2) is 7.25. The fourth-order valence-electron chi connectivity index (χ4n) is 2.69. The first-order valence-electron chi connectivity index (χ1n) is 7.50. The molecule has 1 heterocycles. The maximum Gasteiger partial charge on any atom is 0.333 e. The van der Waals surface area contributed by atoms with Crippen LogP contribution in [0.25, 0.3) is 0 Å². The summed E-state index contributed by atoms with van der Waals surface area (Å²) in [6.07, 6.45) is 0. The Labute approximate surface area is 139 Å². The highest BCUT2D eigenvalue weighted by atomic mass is 19.1. The van der Waals surface area contributed by atoms with Crippen LogP contribution in [0.3, 0.4) is 0 Å². The molecular formula is C17H20FN3O3. The third kappa shape index (κ3) is 3.45. The molecule has 0 aliphatic heterocycles. The van der Waals surface area contributed by atoms with E-state index in [0.717, 1.165) is 11.3 Å². The van der Waals surface area contributed by atoms with Crippen molar-refractivity contribution in [1.82, 2.24) is 15.5 Å². The van der Waals surface area contributed by atoms with Crippen molar-refractivity contribution in [3.05, 3.63) is 52.6 Å². The van der Waals surface area contributed by atoms with Crippen LogP contribution >= 0.6 is 0 Å². The van der Waals surface area contributed by atoms with Gasteiger partial charge in [0.25, 0.3) is 0 Å². The zero-order chi connectivity index (χ0) is 17.9. The number of aromatic nitrogens is 2. The number of methoxy groups -OCH3 is 1. The molecule has 24 heavy (non-hydrogen) atoms. The van der Waals surface area contributed by atoms with E-state index in [9.17, 15) is 14.0 Å². The number of hydrogen-bond acceptors (Lipinski definition) is 4. The first-order chi connectivity index (χ1) is 11.4. The molecule has 0 saturated heterocycles. The van der Waals surface area contributed by atoms with E-state index in [0.29, 0.717) is 5.69 Å². The number of esters is 1. The molecule has 2 N–H and O–H groups in total. The van der Waals surface area contributed by atoms with Crippen molar-refractivity contribution in [1.29, 1.82) is 0 Å². The number of benzene rings is 1. The molecule has 0 spiro atoms. The molecule has 0 unspecified atom stereocenters. The van der Waals surface area contributed by atoms with E-state index < -0.39 is 29.7 Å². The molecule has 6 nitrogen and oxygen atoms in total. The van der Waals surface area contributed by atoms with Crippen LogP contribution in [0.5, 0.6) is 0 Å². The summed E-state index contributed by atoms with van der Waals surface area (Å²) in [4.78, 5) is 24.6. The lowest BCUT2D eigenvalue weighted by atomic mass is 9.97. The highest BCUT2D eigenvalue weighted by Gasteiger charge is 2.29. The van der Waals surface area contributed by atoms with Crippen LogP contribution in [0.1, 0.15) is 41.4 Å². The van der Waals surface area contributed by atoms with Crippen molar-refractivity contribution in [2.24, 2.45) is 0 Å². The zero-order valence-corrected chi connectivity index (χ0v) is 14.0. The van der Waals surface area contributed by atoms with Crippen molar-refractivity contribution in [2.75, 3.05) is 7.11 Å². The van der Waals surface area contributed by atoms with Crippen LogP contribution in [-0.2, 0) is 14.3 Å². The fourth-order valence-corrected chi connectivity index (χ4v) is 2.69. The highest BCUT2D eigenvalue weighted by Crippen LogP contribution is 2.24. The summed E-state index contributed by atoms with van der Waals surface area (Å²) in [5.41, 5.74) is 2.29. The van der Waals surface area contributed by atoms with Gasteiger partial charge in [-0.2, -0.15) is 5.10 Å². The Hall–Kier alpha value is -2.70. The fraction of sp³-hybridized carbons (Fsp3) is 0.353. The van der Waals surface area contributed by atoms with Crippen molar-refractivity contribution in [3.63, 3.8) is 0 Å². The molecule has 7 heteroatoms. The molecule has 0 radical (unpaired) electrons. The third-order valence-corrected chi connectivity index (χ3v) is 3.95. The van der Waals surface area contributed by atoms with Crippen LogP contribution in [0.15, 0.2) is 24.3 Å². The number of aromatic amines is 1. The quantitative estimate of drug-likeness (QED) is 0.822. The van der Waals surface area contributed by atoms with Crippen LogP contribution in [0.4, 0.5) is 4.39 Å². The Kier molecular flexibility index (Phi) is 5.33. The molecule has 1 aromatic carbocycles. The largest absolute Gasteiger partial charge is 0.467 e. The predicted molar refractivity (Wildman–Crippen MR) is 85.8 cm³/mol. The highest BCUT2D eigenvalue weighted by molar-refractivity contribution is 5.89. The van der Waals surface area contributed by atoms with Crippen LogP contribution < -0.4 is 5.32 Å². The third-order valence-electron chi connectivity index (χ3n) is 3.95. The van der Waals surface area contributed by atoms with Gasteiger partial charge < -0.3 is 10.1 Å². The van der Waals surface area contributed by atoms with Gasteiger partial charge in [-0.15, -0.1) is 0 Å². The number of hydrogen-bond donors (Lipinski definition) is 2. The van der Waals surface area contributed by atoms with Crippen LogP contribution in [0, 0.1) is 19.7 Å². The monoisotopic (exact) mass is 333 g/mol. The summed E-state index contributed by atoms with van der Waals surface area (Å²) in [5.74, 6) is -2.29. The lowest BCUT2D eigenvalue weighted by Crippen LogP contribution is -2.37. The number of carbonyl (C=O) groups is 2. The SMILES string of the molecule is COC(=O)[C@H](NC(=O)[C@H](C)c1c(C)n[nH]c1C)c1ccccc1F. The van der Waals surface area contributed by atoms with Gasteiger partial charge in [-0.05, 0) is 26.8 Å². The Balaban J connectivity index is 2.28. The van der Waals surface area contributed by atoms with Gasteiger partial charge in [-0.3, -0.25) is 9.89 Å². The molecule has 0 saturated carbocycles. The maximum atomic E-state index is 14.0. The second-order valence-electron chi connectivity index (χ2n) is 5.56. The lowest BCUT2D eigenvalue weighted by molar-refractivity contribution is -0.145. The Morgan fingerprint density at radius 1 is 1.29 bits per heavy atom. The minimum atomic E-state index is -1.21. The first-order valence-corrected chi connectivity index (χ1v) is 7.50. The van der Waals surface area contributed by atoms with Gasteiger partial charge in [0.05, 0.1) is 18.7 Å². The van der Waals surface area contributed by atoms with Gasteiger partial charge in [-0.1, -0.05) is 18.2 Å². The van der Waals surface area contributed by atoms with Gasteiger partial charge in [0, 0.05) is 16.8 Å². The van der Waals surface area contributed by atoms with Gasteiger partial charge in [0.15, 0.2) is 6.04 Å². The summed E-state index contributed by atoms with van der Waals surface area (Å²) in [6, 6.07) is 4.56. The smallest absolute Gasteiger partial charge is 0.333 e. The minimum absolute atomic E-state index is 0.0607. The summed E-state index contributed by atoms with van der Waals surface area (Å²) >= 11 is 0. The molecule has 2 atom stereocenters. The Morgan fingerprint density at radius 2 is 1.96 bits per heavy atom. The molecular weight excluding hydrogens is 313 g/mol. The summed E-state index contributed by atoms with van der Waals surface area (Å²) < 4.78 is 18.7. The van der Waals surface area contributed by atoms with Gasteiger partial charge >= 0.3 is 5.97 Å². The number of carbonyl (C=O) groups excluding carboxylic acids is 2. The number of ether oxygens (including phenoxy) is 1. The van der Waals surface area contributed by atoms with E-state index in [1.54, 1.807) is 19.9 Å². The first kappa shape index (κ1) is 17.7. The number of halogens is 1. The topological polar surface area (TPSA) is 84.1 Å². The molecule has 0 fully saturated rings. The number of nitrogens with one attached hydrogen (secondary N) is 2. The van der Waals surface area contributed by atoms with E-state index in [4.69, 9.17) is 4.74 Å². The van der Waals surface area contributed by atoms with Gasteiger partial charge in [0.1, 0.15) is 5.82 Å². The normalized spacial score (nSPS) is 13.2. The van der Waals surface area contributed by atoms with E-state index in [2.05, 4.69) is 15.5 Å². The molecule has 0 aliphatic carbocycles. The summed E-state index contributed by atoms with van der Waals surface area (Å²) in [6.45, 7) is 5.31. The van der Waals surface area contributed by atoms with Crippen molar-refractivity contribution in [3.8, 4) is 0 Å². The van der Waals surface area contributed by atoms with E-state index in [1.807, 2.05) is 6.92 Å². The second-order valence-corrected chi connectivity index (χ2v) is 5.56. The summed E-state index contributed by atoms with van der Waals surface area (Å²) in [5, 5.41) is 9.46. The Bertz CT molecular complexity index is 738. The van der Waals surface area contributed by atoms with Crippen molar-refractivity contribution >= 4 is 11.9 Å². The van der Waals surface area contributed by atoms with Crippen molar-refractivity contribution < 1.29 is 18.7 Å². The van der Waals surface area contributed by atoms with Crippen molar-refractivity contribution in [2.45, 2.75) is 32.7 Å². The average molecular weight is 333 g/mol. The van der Waals surface area contributed by atoms with Gasteiger partial charge in [0.2, 0.25) is 5.91 Å². The summed E-state index contributed by atoms with van der Waals surface area (Å²) in [7, 11) is 1.19. The minimum Gasteiger partial charge on any atom is -0.467 e. The number of rotatable bonds is 5. The number of H-pyrrole nitrogens is 1. The zero-order valence-electron chi connectivity index (χ0n) is 14.0. The predicted octanol–water partition coefficient (Wildman–Crippen LogP) is 2.30. The van der Waals surface area contributed by atoms with E-state index in [1.165, 1.54) is 25.3 Å². The standard InChI is InChI=1S/C17H20FN3O3/c1-9(14-10(2)20-21-11(14)3)16(22)19-15(17(23)24-4)12-7-5-6-8-13(12)18/h5-9,15H,1-4H3,(H,19,22)(H,20,21)/t9-,15-/m1/s1. The number of aryl methyl sites for hydroxylation is 2. The number of nitrogens with zero attached hydrogens (tertiary/aromatic N) is 1.